The van der Waals surface area contributed by atoms with Crippen LogP contribution in [0.5, 0.6) is 0 Å². The molecule has 0 aromatic carbocycles. The van der Waals surface area contributed by atoms with Gasteiger partial charge in [-0.05, 0) is 40.0 Å². The van der Waals surface area contributed by atoms with E-state index in [1.54, 1.807) is 20.8 Å². The van der Waals surface area contributed by atoms with E-state index in [9.17, 15) is 9.59 Å². The summed E-state index contributed by atoms with van der Waals surface area (Å²) in [4.78, 5) is 24.3. The summed E-state index contributed by atoms with van der Waals surface area (Å²) in [5.74, 6) is 1.74. The second-order valence-electron chi connectivity index (χ2n) is 7.03. The monoisotopic (exact) mass is 377 g/mol. The lowest BCUT2D eigenvalue weighted by Gasteiger charge is -2.12. The average Bonchev–Trinajstić information content (AvgIpc) is 3.10. The molecule has 0 fully saturated rings. The number of aryl methyl sites for hydroxylation is 1. The molecule has 2 amide bonds. The molecule has 1 atom stereocenters. The summed E-state index contributed by atoms with van der Waals surface area (Å²) in [5.41, 5.74) is 1.40. The fraction of sp³-hybridized carbons (Fsp3) is 0.556. The number of aromatic nitrogens is 2. The van der Waals surface area contributed by atoms with Crippen molar-refractivity contribution in [2.45, 2.75) is 60.4 Å². The molecule has 2 rings (SSSR count). The minimum Gasteiger partial charge on any atom is -0.359 e. The Morgan fingerprint density at radius 2 is 1.59 bits per heavy atom. The fourth-order valence-electron chi connectivity index (χ4n) is 2.22. The Kier molecular flexibility index (Phi) is 6.59. The van der Waals surface area contributed by atoms with Gasteiger partial charge in [-0.15, -0.1) is 0 Å². The van der Waals surface area contributed by atoms with Crippen LogP contribution in [0.15, 0.2) is 9.05 Å². The predicted molar refractivity (Wildman–Crippen MR) is 102 cm³/mol. The molecular weight excluding hydrogens is 350 g/mol. The highest BCUT2D eigenvalue weighted by atomic mass is 16.5. The van der Waals surface area contributed by atoms with Crippen LogP contribution in [0, 0.1) is 26.7 Å². The van der Waals surface area contributed by atoms with Crippen LogP contribution in [0.4, 0.5) is 17.5 Å². The van der Waals surface area contributed by atoms with Crippen LogP contribution in [0.2, 0.25) is 0 Å². The van der Waals surface area contributed by atoms with Crippen LogP contribution in [0.3, 0.4) is 0 Å². The van der Waals surface area contributed by atoms with Crippen molar-refractivity contribution in [3.63, 3.8) is 0 Å². The largest absolute Gasteiger partial charge is 0.359 e. The first-order valence-electron chi connectivity index (χ1n) is 8.95. The summed E-state index contributed by atoms with van der Waals surface area (Å²) in [6.07, 6.45) is 1.22. The van der Waals surface area contributed by atoms with Gasteiger partial charge in [0.25, 0.3) is 0 Å². The Balaban J connectivity index is 1.95. The number of rotatable bonds is 8. The molecular formula is C18H27N5O4. The molecule has 1 unspecified atom stereocenters. The van der Waals surface area contributed by atoms with Gasteiger partial charge in [-0.25, -0.2) is 0 Å². The number of hydrogen-bond donors (Lipinski definition) is 3. The third-order valence-electron chi connectivity index (χ3n) is 4.27. The van der Waals surface area contributed by atoms with E-state index in [4.69, 9.17) is 9.05 Å². The maximum absolute atomic E-state index is 12.3. The number of amides is 2. The maximum Gasteiger partial charge on any atom is 0.247 e. The smallest absolute Gasteiger partial charge is 0.247 e. The Hall–Kier alpha value is -2.84. The van der Waals surface area contributed by atoms with Crippen LogP contribution < -0.4 is 16.0 Å². The van der Waals surface area contributed by atoms with Crippen LogP contribution in [-0.2, 0) is 9.59 Å². The lowest BCUT2D eigenvalue weighted by Crippen LogP contribution is -2.32. The molecule has 9 heteroatoms. The quantitative estimate of drug-likeness (QED) is 0.644. The topological polar surface area (TPSA) is 122 Å². The first-order chi connectivity index (χ1) is 12.7. The lowest BCUT2D eigenvalue weighted by molar-refractivity contribution is -0.117. The van der Waals surface area contributed by atoms with E-state index in [1.165, 1.54) is 0 Å². The van der Waals surface area contributed by atoms with Crippen molar-refractivity contribution in [1.29, 1.82) is 0 Å². The highest BCUT2D eigenvalue weighted by Crippen LogP contribution is 2.24. The van der Waals surface area contributed by atoms with Gasteiger partial charge in [-0.1, -0.05) is 24.2 Å². The normalized spacial score (nSPS) is 12.1. The first kappa shape index (κ1) is 20.5. The zero-order valence-corrected chi connectivity index (χ0v) is 16.6. The molecule has 9 nitrogen and oxygen atoms in total. The number of anilines is 3. The molecule has 27 heavy (non-hydrogen) atoms. The van der Waals surface area contributed by atoms with Crippen molar-refractivity contribution >= 4 is 29.3 Å². The third kappa shape index (κ3) is 5.32. The van der Waals surface area contributed by atoms with E-state index >= 15 is 0 Å². The van der Waals surface area contributed by atoms with Crippen molar-refractivity contribution in [2.24, 2.45) is 5.92 Å². The van der Waals surface area contributed by atoms with E-state index in [-0.39, 0.29) is 11.8 Å². The first-order valence-corrected chi connectivity index (χ1v) is 8.95. The highest BCUT2D eigenvalue weighted by molar-refractivity contribution is 5.96. The van der Waals surface area contributed by atoms with Gasteiger partial charge in [-0.2, -0.15) is 0 Å². The number of carbonyl (C=O) groups is 2. The molecule has 2 aromatic heterocycles. The molecule has 0 saturated heterocycles. The average molecular weight is 377 g/mol. The molecule has 2 aromatic rings. The molecule has 2 heterocycles. The number of hydrogen-bond acceptors (Lipinski definition) is 7. The van der Waals surface area contributed by atoms with Crippen LogP contribution in [0.25, 0.3) is 0 Å². The van der Waals surface area contributed by atoms with Crippen LogP contribution in [-0.4, -0.2) is 28.2 Å². The predicted octanol–water partition coefficient (Wildman–Crippen LogP) is 3.40. The van der Waals surface area contributed by atoms with Gasteiger partial charge in [0.15, 0.2) is 11.6 Å². The summed E-state index contributed by atoms with van der Waals surface area (Å²) >= 11 is 0. The van der Waals surface area contributed by atoms with Crippen molar-refractivity contribution in [2.75, 3.05) is 16.0 Å². The van der Waals surface area contributed by atoms with Crippen LogP contribution in [0.1, 0.15) is 50.5 Å². The number of nitrogens with one attached hydrogen (secondary N) is 3. The molecule has 0 spiro atoms. The lowest BCUT2D eigenvalue weighted by atomic mass is 10.1. The molecule has 0 aliphatic carbocycles. The van der Waals surface area contributed by atoms with Crippen molar-refractivity contribution in [1.82, 2.24) is 10.3 Å². The minimum absolute atomic E-state index is 0.116. The Morgan fingerprint density at radius 1 is 0.963 bits per heavy atom. The van der Waals surface area contributed by atoms with Crippen molar-refractivity contribution in [3.05, 3.63) is 16.9 Å². The highest BCUT2D eigenvalue weighted by Gasteiger charge is 2.21. The van der Waals surface area contributed by atoms with Crippen molar-refractivity contribution < 1.29 is 18.6 Å². The van der Waals surface area contributed by atoms with Gasteiger partial charge >= 0.3 is 0 Å². The van der Waals surface area contributed by atoms with Gasteiger partial charge in [0.1, 0.15) is 11.8 Å². The second-order valence-corrected chi connectivity index (χ2v) is 7.03. The molecule has 0 aliphatic heterocycles. The standard InChI is InChI=1S/C18H27N5O4/c1-9(2)7-8-14(24)20-16-11(4)18(27-23-16)19-12(5)17(25)21-15-10(3)13(6)26-22-15/h9,12,19H,7-8H2,1-6H3,(H,20,23,24)(H,21,22,25). The Labute approximate surface area is 158 Å². The zero-order valence-electron chi connectivity index (χ0n) is 16.6. The van der Waals surface area contributed by atoms with E-state index in [2.05, 4.69) is 40.1 Å². The second kappa shape index (κ2) is 8.70. The summed E-state index contributed by atoms with van der Waals surface area (Å²) in [6.45, 7) is 11.1. The van der Waals surface area contributed by atoms with Gasteiger partial charge < -0.3 is 25.0 Å². The zero-order chi connectivity index (χ0) is 20.1. The molecule has 148 valence electrons. The SMILES string of the molecule is Cc1onc(NC(=O)C(C)Nc2onc(NC(=O)CCC(C)C)c2C)c1C. The van der Waals surface area contributed by atoms with E-state index in [0.717, 1.165) is 12.0 Å². The minimum atomic E-state index is -0.613. The molecule has 3 N–H and O–H groups in total. The van der Waals surface area contributed by atoms with E-state index < -0.39 is 6.04 Å². The molecule has 0 saturated carbocycles. The van der Waals surface area contributed by atoms with Gasteiger partial charge in [-0.3, -0.25) is 9.59 Å². The third-order valence-corrected chi connectivity index (χ3v) is 4.27. The summed E-state index contributed by atoms with van der Waals surface area (Å²) < 4.78 is 10.3. The number of nitrogens with zero attached hydrogens (tertiary/aromatic N) is 2. The summed E-state index contributed by atoms with van der Waals surface area (Å²) in [5, 5.41) is 16.1. The summed E-state index contributed by atoms with van der Waals surface area (Å²) in [6, 6.07) is -0.613. The van der Waals surface area contributed by atoms with Crippen LogP contribution >= 0.6 is 0 Å². The molecule has 0 aliphatic rings. The Bertz CT molecular complexity index is 809. The number of carbonyl (C=O) groups excluding carboxylic acids is 2. The van der Waals surface area contributed by atoms with E-state index in [1.807, 2.05) is 6.92 Å². The fourth-order valence-corrected chi connectivity index (χ4v) is 2.22. The molecule has 0 radical (unpaired) electrons. The van der Waals surface area contributed by atoms with Gasteiger partial charge in [0, 0.05) is 12.0 Å². The maximum atomic E-state index is 12.3. The van der Waals surface area contributed by atoms with Gasteiger partial charge in [0.2, 0.25) is 17.7 Å². The Morgan fingerprint density at radius 3 is 2.19 bits per heavy atom. The molecule has 0 bridgehead atoms. The summed E-state index contributed by atoms with van der Waals surface area (Å²) in [7, 11) is 0. The van der Waals surface area contributed by atoms with Gasteiger partial charge in [0.05, 0.1) is 5.56 Å². The van der Waals surface area contributed by atoms with Crippen molar-refractivity contribution in [3.8, 4) is 0 Å². The van der Waals surface area contributed by atoms with E-state index in [0.29, 0.717) is 41.2 Å².